The number of carbonyl (C=O) groups excluding carboxylic acids is 1. The summed E-state index contributed by atoms with van der Waals surface area (Å²) in [4.78, 5) is 14.9. The number of rotatable bonds is 7. The fourth-order valence-electron chi connectivity index (χ4n) is 3.48. The van der Waals surface area contributed by atoms with Crippen molar-refractivity contribution in [2.75, 3.05) is 26.2 Å². The van der Waals surface area contributed by atoms with Crippen LogP contribution < -0.4 is 4.74 Å². The lowest BCUT2D eigenvalue weighted by atomic mass is 9.88. The van der Waals surface area contributed by atoms with E-state index in [9.17, 15) is 9.18 Å². The Morgan fingerprint density at radius 3 is 2.42 bits per heavy atom. The van der Waals surface area contributed by atoms with E-state index in [2.05, 4.69) is 11.8 Å². The van der Waals surface area contributed by atoms with E-state index in [1.165, 1.54) is 12.1 Å². The molecule has 0 aromatic heterocycles. The van der Waals surface area contributed by atoms with Crippen molar-refractivity contribution < 1.29 is 13.9 Å². The van der Waals surface area contributed by atoms with E-state index in [4.69, 9.17) is 4.74 Å². The van der Waals surface area contributed by atoms with Gasteiger partial charge in [-0.2, -0.15) is 0 Å². The first-order valence-corrected chi connectivity index (χ1v) is 9.32. The molecule has 1 fully saturated rings. The zero-order chi connectivity index (χ0) is 18.4. The molecule has 3 nitrogen and oxygen atoms in total. The lowest BCUT2D eigenvalue weighted by Crippen LogP contribution is -2.39. The molecule has 1 heterocycles. The third-order valence-corrected chi connectivity index (χ3v) is 4.93. The normalized spacial score (nSPS) is 17.0. The molecule has 1 saturated heterocycles. The Bertz CT molecular complexity index is 694. The Balaban J connectivity index is 1.41. The van der Waals surface area contributed by atoms with Crippen molar-refractivity contribution in [2.24, 2.45) is 11.8 Å². The van der Waals surface area contributed by atoms with Gasteiger partial charge in [-0.05, 0) is 62.3 Å². The minimum absolute atomic E-state index is 0.0487. The summed E-state index contributed by atoms with van der Waals surface area (Å²) in [6, 6.07) is 15.8. The Kier molecular flexibility index (Phi) is 6.40. The summed E-state index contributed by atoms with van der Waals surface area (Å²) in [6.45, 7) is 5.71. The molecule has 1 atom stereocenters. The van der Waals surface area contributed by atoms with E-state index in [1.54, 1.807) is 12.1 Å². The highest BCUT2D eigenvalue weighted by Gasteiger charge is 2.26. The van der Waals surface area contributed by atoms with Crippen molar-refractivity contribution >= 4 is 5.78 Å². The smallest absolute Gasteiger partial charge is 0.166 e. The zero-order valence-electron chi connectivity index (χ0n) is 15.2. The number of nitrogens with zero attached hydrogens (tertiary/aromatic N) is 1. The molecule has 3 rings (SSSR count). The van der Waals surface area contributed by atoms with Gasteiger partial charge in [0.15, 0.2) is 5.78 Å². The number of Topliss-reactive ketones (excluding diaryl/α,β-unsaturated/α-hetero) is 1. The standard InChI is InChI=1S/C22H26FNO2/c1-17(16-26-21-5-3-2-4-6-21)15-24-13-11-19(12-14-24)22(25)18-7-9-20(23)10-8-18/h2-10,17,19H,11-16H2,1H3. The van der Waals surface area contributed by atoms with Crippen LogP contribution in [0, 0.1) is 17.7 Å². The Labute approximate surface area is 154 Å². The lowest BCUT2D eigenvalue weighted by Gasteiger charge is -2.33. The van der Waals surface area contributed by atoms with Crippen molar-refractivity contribution in [2.45, 2.75) is 19.8 Å². The van der Waals surface area contributed by atoms with Crippen LogP contribution in [-0.2, 0) is 0 Å². The van der Waals surface area contributed by atoms with E-state index in [-0.39, 0.29) is 17.5 Å². The van der Waals surface area contributed by atoms with E-state index in [0.717, 1.165) is 38.2 Å². The monoisotopic (exact) mass is 355 g/mol. The molecule has 26 heavy (non-hydrogen) atoms. The first kappa shape index (κ1) is 18.6. The molecule has 2 aromatic carbocycles. The molecule has 0 N–H and O–H groups in total. The number of carbonyl (C=O) groups is 1. The third kappa shape index (κ3) is 5.15. The van der Waals surface area contributed by atoms with Gasteiger partial charge in [-0.1, -0.05) is 25.1 Å². The van der Waals surface area contributed by atoms with Gasteiger partial charge in [0, 0.05) is 23.9 Å². The number of para-hydroxylation sites is 1. The average Bonchev–Trinajstić information content (AvgIpc) is 2.68. The van der Waals surface area contributed by atoms with Crippen LogP contribution >= 0.6 is 0 Å². The molecule has 0 radical (unpaired) electrons. The van der Waals surface area contributed by atoms with Crippen molar-refractivity contribution in [1.82, 2.24) is 4.90 Å². The van der Waals surface area contributed by atoms with E-state index >= 15 is 0 Å². The van der Waals surface area contributed by atoms with Crippen LogP contribution in [0.3, 0.4) is 0 Å². The van der Waals surface area contributed by atoms with Crippen molar-refractivity contribution in [3.8, 4) is 5.75 Å². The van der Waals surface area contributed by atoms with Crippen molar-refractivity contribution in [1.29, 1.82) is 0 Å². The number of halogens is 1. The van der Waals surface area contributed by atoms with Gasteiger partial charge in [0.2, 0.25) is 0 Å². The summed E-state index contributed by atoms with van der Waals surface area (Å²) in [7, 11) is 0. The molecule has 1 unspecified atom stereocenters. The number of benzene rings is 2. The van der Waals surface area contributed by atoms with Crippen LogP contribution in [0.2, 0.25) is 0 Å². The van der Waals surface area contributed by atoms with Crippen molar-refractivity contribution in [3.05, 3.63) is 66.0 Å². The number of piperidine rings is 1. The molecule has 4 heteroatoms. The average molecular weight is 355 g/mol. The van der Waals surface area contributed by atoms with E-state index < -0.39 is 0 Å². The summed E-state index contributed by atoms with van der Waals surface area (Å²) in [5.41, 5.74) is 0.620. The second-order valence-electron chi connectivity index (χ2n) is 7.18. The van der Waals surface area contributed by atoms with Crippen LogP contribution in [0.1, 0.15) is 30.1 Å². The highest BCUT2D eigenvalue weighted by Crippen LogP contribution is 2.23. The molecule has 0 spiro atoms. The first-order valence-electron chi connectivity index (χ1n) is 9.32. The van der Waals surface area contributed by atoms with E-state index in [1.807, 2.05) is 30.3 Å². The largest absolute Gasteiger partial charge is 0.493 e. The number of hydrogen-bond acceptors (Lipinski definition) is 3. The van der Waals surface area contributed by atoms with Crippen LogP contribution in [0.15, 0.2) is 54.6 Å². The van der Waals surface area contributed by atoms with Crippen molar-refractivity contribution in [3.63, 3.8) is 0 Å². The van der Waals surface area contributed by atoms with Gasteiger partial charge < -0.3 is 9.64 Å². The maximum atomic E-state index is 13.0. The number of ketones is 1. The van der Waals surface area contributed by atoms with Gasteiger partial charge >= 0.3 is 0 Å². The topological polar surface area (TPSA) is 29.5 Å². The first-order chi connectivity index (χ1) is 12.6. The number of ether oxygens (including phenoxy) is 1. The Morgan fingerprint density at radius 1 is 1.12 bits per heavy atom. The van der Waals surface area contributed by atoms with Gasteiger partial charge in [-0.15, -0.1) is 0 Å². The molecule has 1 aliphatic rings. The second-order valence-corrected chi connectivity index (χ2v) is 7.18. The Hall–Kier alpha value is -2.20. The van der Waals surface area contributed by atoms with Crippen LogP contribution in [0.5, 0.6) is 5.75 Å². The zero-order valence-corrected chi connectivity index (χ0v) is 15.2. The molecule has 0 bridgehead atoms. The fraction of sp³-hybridized carbons (Fsp3) is 0.409. The highest BCUT2D eigenvalue weighted by atomic mass is 19.1. The number of likely N-dealkylation sites (tertiary alicyclic amines) is 1. The quantitative estimate of drug-likeness (QED) is 0.688. The third-order valence-electron chi connectivity index (χ3n) is 4.93. The molecule has 0 aliphatic carbocycles. The van der Waals surface area contributed by atoms with Gasteiger partial charge in [0.05, 0.1) is 6.61 Å². The summed E-state index contributed by atoms with van der Waals surface area (Å²) >= 11 is 0. The van der Waals surface area contributed by atoms with Crippen LogP contribution in [0.25, 0.3) is 0 Å². The SMILES string of the molecule is CC(COc1ccccc1)CN1CCC(C(=O)c2ccc(F)cc2)CC1. The summed E-state index contributed by atoms with van der Waals surface area (Å²) in [5.74, 6) is 1.23. The molecule has 1 aliphatic heterocycles. The summed E-state index contributed by atoms with van der Waals surface area (Å²) in [5, 5.41) is 0. The molecular weight excluding hydrogens is 329 g/mol. The predicted molar refractivity (Wildman–Crippen MR) is 101 cm³/mol. The van der Waals surface area contributed by atoms with E-state index in [0.29, 0.717) is 18.1 Å². The lowest BCUT2D eigenvalue weighted by molar-refractivity contribution is 0.0817. The van der Waals surface area contributed by atoms with Gasteiger partial charge in [-0.3, -0.25) is 4.79 Å². The Morgan fingerprint density at radius 2 is 1.77 bits per heavy atom. The molecular formula is C22H26FNO2. The molecule has 0 amide bonds. The molecule has 2 aromatic rings. The van der Waals surface area contributed by atoms with Gasteiger partial charge in [-0.25, -0.2) is 4.39 Å². The molecule has 138 valence electrons. The van der Waals surface area contributed by atoms with Crippen LogP contribution in [-0.4, -0.2) is 36.9 Å². The minimum Gasteiger partial charge on any atom is -0.493 e. The van der Waals surface area contributed by atoms with Crippen LogP contribution in [0.4, 0.5) is 4.39 Å². The van der Waals surface area contributed by atoms with Gasteiger partial charge in [0.25, 0.3) is 0 Å². The number of hydrogen-bond donors (Lipinski definition) is 0. The van der Waals surface area contributed by atoms with Gasteiger partial charge in [0.1, 0.15) is 11.6 Å². The maximum Gasteiger partial charge on any atom is 0.166 e. The predicted octanol–water partition coefficient (Wildman–Crippen LogP) is 4.44. The summed E-state index contributed by atoms with van der Waals surface area (Å²) < 4.78 is 18.8. The molecule has 0 saturated carbocycles. The fourth-order valence-corrected chi connectivity index (χ4v) is 3.48. The second kappa shape index (κ2) is 8.95. The summed E-state index contributed by atoms with van der Waals surface area (Å²) in [6.07, 6.45) is 1.73. The minimum atomic E-state index is -0.303. The highest BCUT2D eigenvalue weighted by molar-refractivity contribution is 5.97. The maximum absolute atomic E-state index is 13.0.